The summed E-state index contributed by atoms with van der Waals surface area (Å²) in [7, 11) is 2.71. The van der Waals surface area contributed by atoms with Crippen molar-refractivity contribution >= 4 is 11.9 Å². The van der Waals surface area contributed by atoms with Gasteiger partial charge in [-0.1, -0.05) is 71.1 Å². The predicted molar refractivity (Wildman–Crippen MR) is 88.6 cm³/mol. The average molecular weight is 314 g/mol. The highest BCUT2D eigenvalue weighted by molar-refractivity contribution is 5.79. The van der Waals surface area contributed by atoms with Gasteiger partial charge in [-0.3, -0.25) is 9.59 Å². The summed E-state index contributed by atoms with van der Waals surface area (Å²) in [4.78, 5) is 22.9. The van der Waals surface area contributed by atoms with E-state index in [0.29, 0.717) is 6.42 Å². The summed E-state index contributed by atoms with van der Waals surface area (Å²) in [6, 6.07) is 0. The van der Waals surface area contributed by atoms with E-state index in [0.717, 1.165) is 12.8 Å². The number of carbonyl (C=O) groups is 2. The van der Waals surface area contributed by atoms with Crippen LogP contribution in [0.4, 0.5) is 0 Å². The molecule has 0 bridgehead atoms. The molecule has 0 saturated heterocycles. The van der Waals surface area contributed by atoms with E-state index < -0.39 is 0 Å². The van der Waals surface area contributed by atoms with Crippen LogP contribution in [-0.2, 0) is 19.1 Å². The number of ether oxygens (including phenoxy) is 2. The molecule has 0 fully saturated rings. The van der Waals surface area contributed by atoms with E-state index in [4.69, 9.17) is 4.74 Å². The van der Waals surface area contributed by atoms with Crippen LogP contribution in [0.15, 0.2) is 0 Å². The standard InChI is InChI=1S/C18H34O4/c1-4-5-6-7-8-9-10-11-12-13-14-16(18(20)22-3)15-17(19)21-2/h16H,4-15H2,1-3H3. The Kier molecular flexibility index (Phi) is 14.1. The fourth-order valence-corrected chi connectivity index (χ4v) is 2.63. The van der Waals surface area contributed by atoms with E-state index in [1.54, 1.807) is 0 Å². The lowest BCUT2D eigenvalue weighted by Gasteiger charge is -2.13. The van der Waals surface area contributed by atoms with E-state index in [9.17, 15) is 9.59 Å². The Hall–Kier alpha value is -1.06. The van der Waals surface area contributed by atoms with Gasteiger partial charge in [0.05, 0.1) is 26.6 Å². The van der Waals surface area contributed by atoms with Crippen LogP contribution in [0.5, 0.6) is 0 Å². The van der Waals surface area contributed by atoms with Crippen molar-refractivity contribution in [3.05, 3.63) is 0 Å². The first kappa shape index (κ1) is 20.9. The maximum atomic E-state index is 11.6. The van der Waals surface area contributed by atoms with Crippen molar-refractivity contribution in [2.24, 2.45) is 5.92 Å². The molecule has 22 heavy (non-hydrogen) atoms. The van der Waals surface area contributed by atoms with Gasteiger partial charge in [0.1, 0.15) is 0 Å². The van der Waals surface area contributed by atoms with Crippen LogP contribution < -0.4 is 0 Å². The fourth-order valence-electron chi connectivity index (χ4n) is 2.63. The Labute approximate surface area is 135 Å². The van der Waals surface area contributed by atoms with Crippen LogP contribution >= 0.6 is 0 Å². The Balaban J connectivity index is 3.63. The third-order valence-corrected chi connectivity index (χ3v) is 4.08. The van der Waals surface area contributed by atoms with Crippen LogP contribution in [0.2, 0.25) is 0 Å². The molecule has 4 nitrogen and oxygen atoms in total. The van der Waals surface area contributed by atoms with E-state index in [1.165, 1.54) is 65.6 Å². The maximum Gasteiger partial charge on any atom is 0.309 e. The molecule has 130 valence electrons. The zero-order valence-electron chi connectivity index (χ0n) is 14.7. The SMILES string of the molecule is CCCCCCCCCCCCC(CC(=O)OC)C(=O)OC. The second kappa shape index (κ2) is 14.9. The fraction of sp³-hybridized carbons (Fsp3) is 0.889. The number of esters is 2. The van der Waals surface area contributed by atoms with E-state index >= 15 is 0 Å². The van der Waals surface area contributed by atoms with Gasteiger partial charge in [0.2, 0.25) is 0 Å². The van der Waals surface area contributed by atoms with Crippen LogP contribution in [0.25, 0.3) is 0 Å². The topological polar surface area (TPSA) is 52.6 Å². The van der Waals surface area contributed by atoms with Gasteiger partial charge < -0.3 is 9.47 Å². The molecule has 0 N–H and O–H groups in total. The summed E-state index contributed by atoms with van der Waals surface area (Å²) < 4.78 is 9.38. The molecule has 0 saturated carbocycles. The second-order valence-corrected chi connectivity index (χ2v) is 5.97. The molecule has 0 radical (unpaired) electrons. The van der Waals surface area contributed by atoms with Gasteiger partial charge in [-0.15, -0.1) is 0 Å². The minimum atomic E-state index is -0.355. The first-order valence-corrected chi connectivity index (χ1v) is 8.80. The number of unbranched alkanes of at least 4 members (excludes halogenated alkanes) is 9. The van der Waals surface area contributed by atoms with Crippen molar-refractivity contribution in [2.45, 2.75) is 84.0 Å². The molecule has 0 aromatic carbocycles. The molecule has 1 unspecified atom stereocenters. The lowest BCUT2D eigenvalue weighted by molar-refractivity contribution is -0.152. The first-order valence-electron chi connectivity index (χ1n) is 8.80. The lowest BCUT2D eigenvalue weighted by atomic mass is 9.97. The number of methoxy groups -OCH3 is 2. The lowest BCUT2D eigenvalue weighted by Crippen LogP contribution is -2.20. The molecule has 4 heteroatoms. The molecule has 0 rings (SSSR count). The van der Waals surface area contributed by atoms with Crippen molar-refractivity contribution in [2.75, 3.05) is 14.2 Å². The van der Waals surface area contributed by atoms with Gasteiger partial charge in [-0.25, -0.2) is 0 Å². The second-order valence-electron chi connectivity index (χ2n) is 5.97. The summed E-state index contributed by atoms with van der Waals surface area (Å²) in [5.74, 6) is -1.00. The van der Waals surface area contributed by atoms with Gasteiger partial charge in [0.25, 0.3) is 0 Å². The largest absolute Gasteiger partial charge is 0.469 e. The zero-order chi connectivity index (χ0) is 16.6. The van der Waals surface area contributed by atoms with Gasteiger partial charge in [-0.05, 0) is 6.42 Å². The molecule has 1 atom stereocenters. The minimum Gasteiger partial charge on any atom is -0.469 e. The Morgan fingerprint density at radius 1 is 0.773 bits per heavy atom. The normalized spacial score (nSPS) is 12.0. The summed E-state index contributed by atoms with van der Waals surface area (Å²) in [5, 5.41) is 0. The smallest absolute Gasteiger partial charge is 0.309 e. The summed E-state index contributed by atoms with van der Waals surface area (Å²) in [6.45, 7) is 2.24. The quantitative estimate of drug-likeness (QED) is 0.346. The molecule has 0 aromatic rings. The average Bonchev–Trinajstić information content (AvgIpc) is 2.54. The van der Waals surface area contributed by atoms with Crippen molar-refractivity contribution in [1.82, 2.24) is 0 Å². The maximum absolute atomic E-state index is 11.6. The van der Waals surface area contributed by atoms with Gasteiger partial charge in [-0.2, -0.15) is 0 Å². The number of carbonyl (C=O) groups excluding carboxylic acids is 2. The van der Waals surface area contributed by atoms with Crippen LogP contribution in [-0.4, -0.2) is 26.2 Å². The monoisotopic (exact) mass is 314 g/mol. The highest BCUT2D eigenvalue weighted by Crippen LogP contribution is 2.18. The number of rotatable bonds is 14. The van der Waals surface area contributed by atoms with Crippen molar-refractivity contribution in [3.8, 4) is 0 Å². The number of hydrogen-bond acceptors (Lipinski definition) is 4. The Morgan fingerprint density at radius 2 is 1.27 bits per heavy atom. The third-order valence-electron chi connectivity index (χ3n) is 4.08. The molecule has 0 aliphatic rings. The van der Waals surface area contributed by atoms with Crippen LogP contribution in [0.1, 0.15) is 84.0 Å². The Bertz CT molecular complexity index is 289. The predicted octanol–water partition coefficient (Wildman–Crippen LogP) is 4.65. The van der Waals surface area contributed by atoms with E-state index in [1.807, 2.05) is 0 Å². The first-order chi connectivity index (χ1) is 10.7. The van der Waals surface area contributed by atoms with Crippen molar-refractivity contribution in [1.29, 1.82) is 0 Å². The highest BCUT2D eigenvalue weighted by atomic mass is 16.5. The number of hydrogen-bond donors (Lipinski definition) is 0. The summed E-state index contributed by atoms with van der Waals surface area (Å²) >= 11 is 0. The molecule has 0 aliphatic heterocycles. The summed E-state index contributed by atoms with van der Waals surface area (Å²) in [5.41, 5.74) is 0. The molecule has 0 heterocycles. The van der Waals surface area contributed by atoms with Gasteiger partial charge in [0.15, 0.2) is 0 Å². The molecule has 0 aromatic heterocycles. The molecule has 0 aliphatic carbocycles. The van der Waals surface area contributed by atoms with Crippen molar-refractivity contribution < 1.29 is 19.1 Å². The minimum absolute atomic E-state index is 0.126. The van der Waals surface area contributed by atoms with Gasteiger partial charge >= 0.3 is 11.9 Å². The Morgan fingerprint density at radius 3 is 1.73 bits per heavy atom. The summed E-state index contributed by atoms with van der Waals surface area (Å²) in [6.07, 6.45) is 13.4. The van der Waals surface area contributed by atoms with Gasteiger partial charge in [0, 0.05) is 0 Å². The molecular formula is C18H34O4. The zero-order valence-corrected chi connectivity index (χ0v) is 14.7. The third kappa shape index (κ3) is 11.6. The van der Waals surface area contributed by atoms with Crippen molar-refractivity contribution in [3.63, 3.8) is 0 Å². The highest BCUT2D eigenvalue weighted by Gasteiger charge is 2.22. The van der Waals surface area contributed by atoms with E-state index in [2.05, 4.69) is 11.7 Å². The van der Waals surface area contributed by atoms with Crippen LogP contribution in [0, 0.1) is 5.92 Å². The molecule has 0 amide bonds. The van der Waals surface area contributed by atoms with E-state index in [-0.39, 0.29) is 24.3 Å². The molecular weight excluding hydrogens is 280 g/mol. The van der Waals surface area contributed by atoms with Crippen LogP contribution in [0.3, 0.4) is 0 Å². The molecule has 0 spiro atoms.